The monoisotopic (exact) mass is 393 g/mol. The van der Waals surface area contributed by atoms with E-state index in [9.17, 15) is 29.8 Å². The minimum atomic E-state index is -0.902. The fourth-order valence-corrected chi connectivity index (χ4v) is 2.38. The van der Waals surface area contributed by atoms with Crippen LogP contribution in [-0.2, 0) is 9.53 Å². The van der Waals surface area contributed by atoms with Crippen LogP contribution in [0.2, 0.25) is 5.02 Å². The van der Waals surface area contributed by atoms with Crippen LogP contribution in [0.4, 0.5) is 17.1 Å². The molecular weight excluding hydrogens is 382 g/mol. The molecule has 0 fully saturated rings. The molecule has 2 aromatic carbocycles. The number of amides is 1. The third kappa shape index (κ3) is 4.76. The standard InChI is InChI=1S/C16H12ClN3O7/c1-9-11(3-2-4-14(9)20(25)26)16(22)27-8-15(21)18-13-6-5-10(19(23)24)7-12(13)17/h2-7H,8H2,1H3,(H,18,21). The number of anilines is 1. The fourth-order valence-electron chi connectivity index (χ4n) is 2.16. The van der Waals surface area contributed by atoms with Crippen molar-refractivity contribution < 1.29 is 24.2 Å². The van der Waals surface area contributed by atoms with Crippen molar-refractivity contribution in [3.8, 4) is 0 Å². The molecule has 0 bridgehead atoms. The molecule has 0 spiro atoms. The van der Waals surface area contributed by atoms with Gasteiger partial charge in [-0.3, -0.25) is 25.0 Å². The Bertz CT molecular complexity index is 946. The number of esters is 1. The van der Waals surface area contributed by atoms with E-state index in [2.05, 4.69) is 5.32 Å². The summed E-state index contributed by atoms with van der Waals surface area (Å²) >= 11 is 5.85. The molecule has 2 rings (SSSR count). The topological polar surface area (TPSA) is 142 Å². The highest BCUT2D eigenvalue weighted by Gasteiger charge is 2.20. The van der Waals surface area contributed by atoms with Crippen LogP contribution in [0.15, 0.2) is 36.4 Å². The molecule has 27 heavy (non-hydrogen) atoms. The van der Waals surface area contributed by atoms with E-state index in [4.69, 9.17) is 16.3 Å². The Labute approximate surface area is 157 Å². The second kappa shape index (κ2) is 8.23. The number of hydrogen-bond donors (Lipinski definition) is 1. The maximum Gasteiger partial charge on any atom is 0.339 e. The summed E-state index contributed by atoms with van der Waals surface area (Å²) in [6.07, 6.45) is 0. The summed E-state index contributed by atoms with van der Waals surface area (Å²) in [5.74, 6) is -1.64. The highest BCUT2D eigenvalue weighted by Crippen LogP contribution is 2.26. The molecule has 1 amide bonds. The Kier molecular flexibility index (Phi) is 6.03. The van der Waals surface area contributed by atoms with E-state index in [0.717, 1.165) is 12.1 Å². The number of benzene rings is 2. The predicted octanol–water partition coefficient (Wildman–Crippen LogP) is 3.26. The minimum absolute atomic E-state index is 0.0367. The van der Waals surface area contributed by atoms with Crippen molar-refractivity contribution in [2.45, 2.75) is 6.92 Å². The van der Waals surface area contributed by atoms with Gasteiger partial charge in [0.05, 0.1) is 26.1 Å². The Hall–Kier alpha value is -3.53. The lowest BCUT2D eigenvalue weighted by Gasteiger charge is -2.09. The van der Waals surface area contributed by atoms with Crippen molar-refractivity contribution in [1.82, 2.24) is 0 Å². The number of hydrogen-bond acceptors (Lipinski definition) is 7. The number of nitro groups is 2. The fraction of sp³-hybridized carbons (Fsp3) is 0.125. The molecule has 1 N–H and O–H groups in total. The van der Waals surface area contributed by atoms with Gasteiger partial charge in [0.2, 0.25) is 0 Å². The molecule has 0 heterocycles. The molecule has 0 aromatic heterocycles. The molecule has 10 nitrogen and oxygen atoms in total. The summed E-state index contributed by atoms with van der Waals surface area (Å²) in [4.78, 5) is 44.2. The number of carbonyl (C=O) groups is 2. The van der Waals surface area contributed by atoms with Gasteiger partial charge in [0.1, 0.15) is 0 Å². The quantitative estimate of drug-likeness (QED) is 0.450. The summed E-state index contributed by atoms with van der Waals surface area (Å²) in [6.45, 7) is 0.722. The second-order valence-electron chi connectivity index (χ2n) is 5.25. The van der Waals surface area contributed by atoms with E-state index in [0.29, 0.717) is 0 Å². The first-order valence-electron chi connectivity index (χ1n) is 7.35. The van der Waals surface area contributed by atoms with Crippen LogP contribution < -0.4 is 5.32 Å². The van der Waals surface area contributed by atoms with E-state index in [1.54, 1.807) is 0 Å². The van der Waals surface area contributed by atoms with Gasteiger partial charge in [0.25, 0.3) is 17.3 Å². The van der Waals surface area contributed by atoms with Gasteiger partial charge in [-0.15, -0.1) is 0 Å². The molecular formula is C16H12ClN3O7. The average Bonchev–Trinajstić information content (AvgIpc) is 2.61. The number of nitrogens with zero attached hydrogens (tertiary/aromatic N) is 2. The molecule has 0 radical (unpaired) electrons. The number of halogens is 1. The molecule has 0 aliphatic heterocycles. The smallest absolute Gasteiger partial charge is 0.339 e. The van der Waals surface area contributed by atoms with Crippen molar-refractivity contribution in [2.75, 3.05) is 11.9 Å². The van der Waals surface area contributed by atoms with Crippen LogP contribution in [0.5, 0.6) is 0 Å². The maximum absolute atomic E-state index is 12.1. The zero-order chi connectivity index (χ0) is 20.1. The average molecular weight is 394 g/mol. The molecule has 0 atom stereocenters. The van der Waals surface area contributed by atoms with Gasteiger partial charge in [-0.1, -0.05) is 17.7 Å². The number of nitro benzene ring substituents is 2. The Morgan fingerprint density at radius 1 is 1.15 bits per heavy atom. The highest BCUT2D eigenvalue weighted by molar-refractivity contribution is 6.34. The van der Waals surface area contributed by atoms with E-state index in [1.807, 2.05) is 0 Å². The number of nitrogens with one attached hydrogen (secondary N) is 1. The summed E-state index contributed by atoms with van der Waals surface area (Å²) in [7, 11) is 0. The van der Waals surface area contributed by atoms with Gasteiger partial charge in [-0.25, -0.2) is 4.79 Å². The molecule has 11 heteroatoms. The van der Waals surface area contributed by atoms with Crippen LogP contribution in [0.1, 0.15) is 15.9 Å². The van der Waals surface area contributed by atoms with Crippen LogP contribution in [0, 0.1) is 27.2 Å². The SMILES string of the molecule is Cc1c(C(=O)OCC(=O)Nc2ccc([N+](=O)[O-])cc2Cl)cccc1[N+](=O)[O-]. The lowest BCUT2D eigenvalue weighted by atomic mass is 10.1. The van der Waals surface area contributed by atoms with E-state index >= 15 is 0 Å². The third-order valence-electron chi connectivity index (χ3n) is 3.49. The first-order chi connectivity index (χ1) is 12.7. The largest absolute Gasteiger partial charge is 0.452 e. The maximum atomic E-state index is 12.1. The molecule has 2 aromatic rings. The van der Waals surface area contributed by atoms with E-state index in [-0.39, 0.29) is 33.2 Å². The summed E-state index contributed by atoms with van der Waals surface area (Å²) in [5, 5.41) is 23.8. The highest BCUT2D eigenvalue weighted by atomic mass is 35.5. The zero-order valence-corrected chi connectivity index (χ0v) is 14.6. The van der Waals surface area contributed by atoms with Gasteiger partial charge in [0, 0.05) is 23.8 Å². The Morgan fingerprint density at radius 3 is 2.44 bits per heavy atom. The van der Waals surface area contributed by atoms with Crippen molar-refractivity contribution in [3.05, 3.63) is 72.8 Å². The van der Waals surface area contributed by atoms with Crippen LogP contribution >= 0.6 is 11.6 Å². The van der Waals surface area contributed by atoms with Crippen molar-refractivity contribution in [1.29, 1.82) is 0 Å². The molecule has 140 valence electrons. The molecule has 0 saturated heterocycles. The predicted molar refractivity (Wildman–Crippen MR) is 94.9 cm³/mol. The number of carbonyl (C=O) groups excluding carboxylic acids is 2. The number of ether oxygens (including phenoxy) is 1. The number of non-ortho nitro benzene ring substituents is 1. The van der Waals surface area contributed by atoms with Crippen LogP contribution in [0.3, 0.4) is 0 Å². The minimum Gasteiger partial charge on any atom is -0.452 e. The van der Waals surface area contributed by atoms with Crippen LogP contribution in [0.25, 0.3) is 0 Å². The van der Waals surface area contributed by atoms with Crippen molar-refractivity contribution >= 4 is 40.5 Å². The Balaban J connectivity index is 2.02. The van der Waals surface area contributed by atoms with Gasteiger partial charge in [-0.2, -0.15) is 0 Å². The van der Waals surface area contributed by atoms with Gasteiger partial charge < -0.3 is 10.1 Å². The molecule has 0 aliphatic carbocycles. The normalized spacial score (nSPS) is 10.1. The molecule has 0 aliphatic rings. The number of rotatable bonds is 6. The zero-order valence-electron chi connectivity index (χ0n) is 13.8. The van der Waals surface area contributed by atoms with Crippen LogP contribution in [-0.4, -0.2) is 28.3 Å². The Morgan fingerprint density at radius 2 is 1.85 bits per heavy atom. The third-order valence-corrected chi connectivity index (χ3v) is 3.81. The second-order valence-corrected chi connectivity index (χ2v) is 5.66. The van der Waals surface area contributed by atoms with E-state index in [1.165, 1.54) is 31.2 Å². The lowest BCUT2D eigenvalue weighted by Crippen LogP contribution is -2.21. The van der Waals surface area contributed by atoms with E-state index < -0.39 is 28.3 Å². The molecule has 0 saturated carbocycles. The van der Waals surface area contributed by atoms with Gasteiger partial charge >= 0.3 is 5.97 Å². The lowest BCUT2D eigenvalue weighted by molar-refractivity contribution is -0.385. The first-order valence-corrected chi connectivity index (χ1v) is 7.73. The summed E-state index contributed by atoms with van der Waals surface area (Å²) in [5.41, 5.74) is -0.302. The first kappa shape index (κ1) is 19.8. The summed E-state index contributed by atoms with van der Waals surface area (Å²) in [6, 6.07) is 7.38. The molecule has 0 unspecified atom stereocenters. The van der Waals surface area contributed by atoms with Gasteiger partial charge in [0.15, 0.2) is 6.61 Å². The van der Waals surface area contributed by atoms with Gasteiger partial charge in [-0.05, 0) is 19.1 Å². The van der Waals surface area contributed by atoms with Crippen molar-refractivity contribution in [3.63, 3.8) is 0 Å². The van der Waals surface area contributed by atoms with Crippen molar-refractivity contribution in [2.24, 2.45) is 0 Å². The summed E-state index contributed by atoms with van der Waals surface area (Å²) < 4.78 is 4.85.